The second kappa shape index (κ2) is 7.62. The Balaban J connectivity index is 3.09. The first-order chi connectivity index (χ1) is 6.92. The summed E-state index contributed by atoms with van der Waals surface area (Å²) < 4.78 is 11.2. The van der Waals surface area contributed by atoms with Gasteiger partial charge in [0, 0.05) is 12.4 Å². The Hall–Kier alpha value is -0.650. The molecule has 0 spiro atoms. The van der Waals surface area contributed by atoms with E-state index in [0.29, 0.717) is 19.8 Å². The highest BCUT2D eigenvalue weighted by Gasteiger charge is 2.05. The minimum atomic E-state index is -1.08. The van der Waals surface area contributed by atoms with Crippen molar-refractivity contribution in [3.8, 4) is 0 Å². The largest absolute Gasteiger partial charge is 0.550 e. The van der Waals surface area contributed by atoms with Gasteiger partial charge in [-0.25, -0.2) is 0 Å². The maximum atomic E-state index is 10.0. The lowest BCUT2D eigenvalue weighted by atomic mass is 10.5. The fourth-order valence-electron chi connectivity index (χ4n) is 0.816. The maximum Gasteiger partial charge on any atom is 0.102 e. The van der Waals surface area contributed by atoms with Crippen LogP contribution in [0.1, 0.15) is 6.42 Å². The molecule has 0 atom stereocenters. The van der Waals surface area contributed by atoms with Crippen molar-refractivity contribution in [1.82, 2.24) is 0 Å². The van der Waals surface area contributed by atoms with Crippen LogP contribution in [0.3, 0.4) is 0 Å². The highest BCUT2D eigenvalue weighted by molar-refractivity contribution is 5.64. The van der Waals surface area contributed by atoms with Gasteiger partial charge in [-0.3, -0.25) is 0 Å². The van der Waals surface area contributed by atoms with Crippen LogP contribution in [0, 0.1) is 0 Å². The summed E-state index contributed by atoms with van der Waals surface area (Å²) in [6, 6.07) is 0. The van der Waals surface area contributed by atoms with Gasteiger partial charge in [-0.2, -0.15) is 0 Å². The number of aliphatic carboxylic acids is 1. The average molecular weight is 219 g/mol. The molecule has 90 valence electrons. The van der Waals surface area contributed by atoms with Crippen LogP contribution >= 0.6 is 0 Å². The maximum absolute atomic E-state index is 10.0. The minimum Gasteiger partial charge on any atom is -0.550 e. The van der Waals surface area contributed by atoms with E-state index in [1.54, 1.807) is 0 Å². The van der Waals surface area contributed by atoms with Crippen LogP contribution in [-0.4, -0.2) is 64.6 Å². The van der Waals surface area contributed by atoms with Crippen molar-refractivity contribution in [2.45, 2.75) is 6.42 Å². The number of hydrogen-bond donors (Lipinski definition) is 0. The van der Waals surface area contributed by atoms with E-state index < -0.39 is 5.97 Å². The van der Waals surface area contributed by atoms with Crippen LogP contribution in [0.25, 0.3) is 0 Å². The number of carbonyl (C=O) groups is 1. The molecule has 0 saturated carbocycles. The number of carbonyl (C=O) groups excluding carboxylic acids is 1. The van der Waals surface area contributed by atoms with Gasteiger partial charge in [0.05, 0.1) is 47.6 Å². The molecular weight excluding hydrogens is 198 g/mol. The molecule has 0 saturated heterocycles. The number of carboxylic acid groups (broad SMARTS) is 1. The summed E-state index contributed by atoms with van der Waals surface area (Å²) in [6.45, 7) is 2.77. The van der Waals surface area contributed by atoms with Gasteiger partial charge >= 0.3 is 0 Å². The first kappa shape index (κ1) is 14.3. The van der Waals surface area contributed by atoms with Crippen molar-refractivity contribution in [3.63, 3.8) is 0 Å². The lowest BCUT2D eigenvalue weighted by Gasteiger charge is -2.23. The van der Waals surface area contributed by atoms with Crippen LogP contribution in [0.15, 0.2) is 0 Å². The van der Waals surface area contributed by atoms with Crippen LogP contribution in [0.5, 0.6) is 0 Å². The zero-order valence-electron chi connectivity index (χ0n) is 9.82. The summed E-state index contributed by atoms with van der Waals surface area (Å²) in [6.07, 6.45) is -0.0567. The Bertz CT molecular complexity index is 177. The molecule has 0 aliphatic heterocycles. The van der Waals surface area contributed by atoms with E-state index >= 15 is 0 Å². The van der Waals surface area contributed by atoms with Gasteiger partial charge in [0.15, 0.2) is 0 Å². The fraction of sp³-hybridized carbons (Fsp3) is 0.900. The van der Waals surface area contributed by atoms with Gasteiger partial charge in [-0.1, -0.05) is 0 Å². The second-order valence-electron chi connectivity index (χ2n) is 4.36. The number of hydrogen-bond acceptors (Lipinski definition) is 4. The van der Waals surface area contributed by atoms with Gasteiger partial charge in [0.2, 0.25) is 0 Å². The first-order valence-corrected chi connectivity index (χ1v) is 5.07. The third-order valence-corrected chi connectivity index (χ3v) is 1.73. The highest BCUT2D eigenvalue weighted by atomic mass is 16.5. The summed E-state index contributed by atoms with van der Waals surface area (Å²) >= 11 is 0. The van der Waals surface area contributed by atoms with Gasteiger partial charge < -0.3 is 23.9 Å². The molecule has 0 amide bonds. The molecule has 0 unspecified atom stereocenters. The lowest BCUT2D eigenvalue weighted by molar-refractivity contribution is -0.870. The van der Waals surface area contributed by atoms with E-state index in [4.69, 9.17) is 9.47 Å². The van der Waals surface area contributed by atoms with Gasteiger partial charge in [0.25, 0.3) is 0 Å². The highest BCUT2D eigenvalue weighted by Crippen LogP contribution is 1.89. The SMILES string of the molecule is C[N+](C)(C)CCOCCOCCC(=O)[O-]. The zero-order chi connectivity index (χ0) is 11.7. The number of carboxylic acids is 1. The number of quaternary nitrogens is 1. The Morgan fingerprint density at radius 3 is 2.07 bits per heavy atom. The molecule has 0 aromatic carbocycles. The normalized spacial score (nSPS) is 11.7. The van der Waals surface area contributed by atoms with Crippen LogP contribution in [0.2, 0.25) is 0 Å². The monoisotopic (exact) mass is 219 g/mol. The van der Waals surface area contributed by atoms with E-state index in [9.17, 15) is 9.90 Å². The van der Waals surface area contributed by atoms with E-state index in [1.807, 2.05) is 0 Å². The van der Waals surface area contributed by atoms with Crippen molar-refractivity contribution in [1.29, 1.82) is 0 Å². The lowest BCUT2D eigenvalue weighted by Crippen LogP contribution is -2.37. The standard InChI is InChI=1S/C10H21NO4/c1-11(2,3)5-7-15-9-8-14-6-4-10(12)13/h4-9H2,1-3H3. The van der Waals surface area contributed by atoms with Crippen molar-refractivity contribution in [3.05, 3.63) is 0 Å². The number of ether oxygens (including phenoxy) is 2. The van der Waals surface area contributed by atoms with Crippen molar-refractivity contribution in [2.75, 3.05) is 54.1 Å². The average Bonchev–Trinajstić information content (AvgIpc) is 2.07. The van der Waals surface area contributed by atoms with E-state index in [2.05, 4.69) is 21.1 Å². The van der Waals surface area contributed by atoms with Gasteiger partial charge in [0.1, 0.15) is 6.54 Å². The van der Waals surface area contributed by atoms with E-state index in [-0.39, 0.29) is 13.0 Å². The molecule has 0 radical (unpaired) electrons. The second-order valence-corrected chi connectivity index (χ2v) is 4.36. The molecule has 0 aliphatic carbocycles. The minimum absolute atomic E-state index is 0.0567. The van der Waals surface area contributed by atoms with E-state index in [0.717, 1.165) is 11.0 Å². The quantitative estimate of drug-likeness (QED) is 0.363. The Kier molecular flexibility index (Phi) is 7.29. The Morgan fingerprint density at radius 1 is 1.07 bits per heavy atom. The van der Waals surface area contributed by atoms with Crippen molar-refractivity contribution < 1.29 is 23.9 Å². The summed E-state index contributed by atoms with van der Waals surface area (Å²) in [4.78, 5) is 10.0. The Labute approximate surface area is 91.2 Å². The molecule has 0 heterocycles. The molecule has 0 N–H and O–H groups in total. The third-order valence-electron chi connectivity index (χ3n) is 1.73. The Morgan fingerprint density at radius 2 is 1.60 bits per heavy atom. The number of rotatable bonds is 9. The first-order valence-electron chi connectivity index (χ1n) is 5.07. The molecule has 0 bridgehead atoms. The molecular formula is C10H21NO4. The van der Waals surface area contributed by atoms with E-state index in [1.165, 1.54) is 0 Å². The molecule has 15 heavy (non-hydrogen) atoms. The molecule has 0 aliphatic rings. The number of likely N-dealkylation sites (N-methyl/N-ethyl adjacent to an activating group) is 1. The van der Waals surface area contributed by atoms with Crippen molar-refractivity contribution >= 4 is 5.97 Å². The fourth-order valence-corrected chi connectivity index (χ4v) is 0.816. The molecule has 0 rings (SSSR count). The molecule has 5 heteroatoms. The topological polar surface area (TPSA) is 58.6 Å². The summed E-state index contributed by atoms with van der Waals surface area (Å²) in [5, 5.41) is 10.0. The molecule has 0 aromatic heterocycles. The predicted molar refractivity (Wildman–Crippen MR) is 54.2 cm³/mol. The summed E-state index contributed by atoms with van der Waals surface area (Å²) in [5.41, 5.74) is 0. The van der Waals surface area contributed by atoms with Crippen molar-refractivity contribution in [2.24, 2.45) is 0 Å². The van der Waals surface area contributed by atoms with Crippen LogP contribution in [0.4, 0.5) is 0 Å². The molecule has 5 nitrogen and oxygen atoms in total. The molecule has 0 fully saturated rings. The predicted octanol–water partition coefficient (Wildman–Crippen LogP) is -1.13. The smallest absolute Gasteiger partial charge is 0.102 e. The third kappa shape index (κ3) is 13.3. The van der Waals surface area contributed by atoms with Crippen LogP contribution in [-0.2, 0) is 14.3 Å². The summed E-state index contributed by atoms with van der Waals surface area (Å²) in [7, 11) is 6.29. The van der Waals surface area contributed by atoms with Gasteiger partial charge in [-0.05, 0) is 0 Å². The van der Waals surface area contributed by atoms with Gasteiger partial charge in [-0.15, -0.1) is 0 Å². The number of nitrogens with zero attached hydrogens (tertiary/aromatic N) is 1. The zero-order valence-corrected chi connectivity index (χ0v) is 9.82. The summed E-state index contributed by atoms with van der Waals surface area (Å²) in [5.74, 6) is -1.08. The van der Waals surface area contributed by atoms with Crippen LogP contribution < -0.4 is 5.11 Å². The molecule has 0 aromatic rings.